The van der Waals surface area contributed by atoms with Crippen LogP contribution in [0.3, 0.4) is 0 Å². The fourth-order valence-corrected chi connectivity index (χ4v) is 3.76. The van der Waals surface area contributed by atoms with Crippen molar-refractivity contribution in [1.29, 1.82) is 0 Å². The Morgan fingerprint density at radius 2 is 1.81 bits per heavy atom. The molecule has 0 spiro atoms. The highest BCUT2D eigenvalue weighted by Gasteiger charge is 2.33. The number of hydrogen-bond donors (Lipinski definition) is 0. The molecule has 118 valence electrons. The molecule has 0 aliphatic carbocycles. The molecule has 1 aliphatic heterocycles. The number of rotatable bonds is 2. The van der Waals surface area contributed by atoms with E-state index in [2.05, 4.69) is 0 Å². The van der Waals surface area contributed by atoms with Crippen LogP contribution in [0.1, 0.15) is 12.0 Å². The molecule has 1 heterocycles. The van der Waals surface area contributed by atoms with Crippen molar-refractivity contribution in [2.45, 2.75) is 17.5 Å². The zero-order valence-electron chi connectivity index (χ0n) is 11.6. The Morgan fingerprint density at radius 3 is 2.48 bits per heavy atom. The fourth-order valence-electron chi connectivity index (χ4n) is 2.25. The van der Waals surface area contributed by atoms with Crippen LogP contribution in [-0.2, 0) is 16.2 Å². The number of nitrogens with zero attached hydrogens (tertiary/aromatic N) is 2. The molecule has 1 aliphatic rings. The van der Waals surface area contributed by atoms with Crippen LogP contribution in [0.2, 0.25) is 0 Å². The third-order valence-corrected chi connectivity index (χ3v) is 5.37. The minimum Gasteiger partial charge on any atom is -0.305 e. The molecule has 1 saturated heterocycles. The van der Waals surface area contributed by atoms with E-state index < -0.39 is 21.8 Å². The summed E-state index contributed by atoms with van der Waals surface area (Å²) in [6, 6.07) is 3.90. The summed E-state index contributed by atoms with van der Waals surface area (Å²) in [5.41, 5.74) is -0.949. The molecule has 2 rings (SSSR count). The van der Waals surface area contributed by atoms with E-state index in [1.165, 1.54) is 10.4 Å². The zero-order chi connectivity index (χ0) is 15.7. The van der Waals surface area contributed by atoms with E-state index in [-0.39, 0.29) is 11.4 Å². The van der Waals surface area contributed by atoms with Gasteiger partial charge >= 0.3 is 6.18 Å². The monoisotopic (exact) mass is 322 g/mol. The van der Waals surface area contributed by atoms with Gasteiger partial charge in [-0.1, -0.05) is 6.07 Å². The first kappa shape index (κ1) is 16.3. The number of hydrogen-bond acceptors (Lipinski definition) is 3. The lowest BCUT2D eigenvalue weighted by atomic mass is 10.2. The maximum Gasteiger partial charge on any atom is 0.416 e. The van der Waals surface area contributed by atoms with Gasteiger partial charge in [0.25, 0.3) is 0 Å². The SMILES string of the molecule is CN1CCCN(S(=O)(=O)c2cccc(C(F)(F)F)c2)CC1. The summed E-state index contributed by atoms with van der Waals surface area (Å²) < 4.78 is 64.3. The lowest BCUT2D eigenvalue weighted by Crippen LogP contribution is -2.34. The van der Waals surface area contributed by atoms with E-state index in [4.69, 9.17) is 0 Å². The van der Waals surface area contributed by atoms with Gasteiger partial charge in [0.15, 0.2) is 0 Å². The average Bonchev–Trinajstić information content (AvgIpc) is 2.63. The second kappa shape index (κ2) is 5.94. The second-order valence-corrected chi connectivity index (χ2v) is 7.02. The first-order chi connectivity index (χ1) is 9.71. The van der Waals surface area contributed by atoms with Crippen LogP contribution in [0.5, 0.6) is 0 Å². The molecule has 0 bridgehead atoms. The third kappa shape index (κ3) is 3.75. The summed E-state index contributed by atoms with van der Waals surface area (Å²) >= 11 is 0. The number of benzene rings is 1. The van der Waals surface area contributed by atoms with E-state index in [0.717, 1.165) is 18.7 Å². The number of alkyl halides is 3. The maximum atomic E-state index is 12.7. The Balaban J connectivity index is 2.31. The van der Waals surface area contributed by atoms with E-state index in [1.807, 2.05) is 11.9 Å². The highest BCUT2D eigenvalue weighted by molar-refractivity contribution is 7.89. The van der Waals surface area contributed by atoms with Gasteiger partial charge in [-0.05, 0) is 38.2 Å². The van der Waals surface area contributed by atoms with Gasteiger partial charge in [-0.25, -0.2) is 8.42 Å². The van der Waals surface area contributed by atoms with Gasteiger partial charge in [0.05, 0.1) is 10.5 Å². The second-order valence-electron chi connectivity index (χ2n) is 5.09. The van der Waals surface area contributed by atoms with E-state index in [0.29, 0.717) is 25.6 Å². The van der Waals surface area contributed by atoms with Gasteiger partial charge in [-0.3, -0.25) is 0 Å². The number of sulfonamides is 1. The molecule has 1 fully saturated rings. The van der Waals surface area contributed by atoms with Crippen LogP contribution in [0.15, 0.2) is 29.2 Å². The summed E-state index contributed by atoms with van der Waals surface area (Å²) in [6.07, 6.45) is -3.89. The molecular formula is C13H17F3N2O2S. The molecule has 21 heavy (non-hydrogen) atoms. The first-order valence-electron chi connectivity index (χ1n) is 6.57. The lowest BCUT2D eigenvalue weighted by molar-refractivity contribution is -0.137. The van der Waals surface area contributed by atoms with Crippen molar-refractivity contribution in [2.75, 3.05) is 33.2 Å². The van der Waals surface area contributed by atoms with Gasteiger partial charge in [-0.2, -0.15) is 17.5 Å². The molecule has 4 nitrogen and oxygen atoms in total. The molecular weight excluding hydrogens is 305 g/mol. The number of likely N-dealkylation sites (N-methyl/N-ethyl adjacent to an activating group) is 1. The molecule has 0 N–H and O–H groups in total. The highest BCUT2D eigenvalue weighted by atomic mass is 32.2. The molecule has 1 aromatic rings. The molecule has 0 radical (unpaired) electrons. The molecule has 8 heteroatoms. The van der Waals surface area contributed by atoms with Crippen LogP contribution >= 0.6 is 0 Å². The summed E-state index contributed by atoms with van der Waals surface area (Å²) in [6.45, 7) is 1.95. The van der Waals surface area contributed by atoms with Gasteiger partial charge < -0.3 is 4.90 Å². The maximum absolute atomic E-state index is 12.7. The quantitative estimate of drug-likeness (QED) is 0.836. The summed E-state index contributed by atoms with van der Waals surface area (Å²) in [4.78, 5) is 1.70. The van der Waals surface area contributed by atoms with Gasteiger partial charge in [0, 0.05) is 19.6 Å². The van der Waals surface area contributed by atoms with Crippen LogP contribution in [0.25, 0.3) is 0 Å². The Bertz CT molecular complexity index is 602. The third-order valence-electron chi connectivity index (χ3n) is 3.48. The van der Waals surface area contributed by atoms with Crippen LogP contribution < -0.4 is 0 Å². The zero-order valence-corrected chi connectivity index (χ0v) is 12.4. The first-order valence-corrected chi connectivity index (χ1v) is 8.01. The van der Waals surface area contributed by atoms with Crippen molar-refractivity contribution >= 4 is 10.0 Å². The van der Waals surface area contributed by atoms with Crippen LogP contribution in [-0.4, -0.2) is 50.8 Å². The fraction of sp³-hybridized carbons (Fsp3) is 0.538. The van der Waals surface area contributed by atoms with Crippen LogP contribution in [0.4, 0.5) is 13.2 Å². The molecule has 0 atom stereocenters. The Hall–Kier alpha value is -1.12. The summed E-state index contributed by atoms with van der Waals surface area (Å²) in [5.74, 6) is 0. The average molecular weight is 322 g/mol. The topological polar surface area (TPSA) is 40.6 Å². The van der Waals surface area contributed by atoms with Crippen molar-refractivity contribution in [3.05, 3.63) is 29.8 Å². The summed E-state index contributed by atoms with van der Waals surface area (Å²) in [7, 11) is -2.00. The lowest BCUT2D eigenvalue weighted by Gasteiger charge is -2.20. The van der Waals surface area contributed by atoms with Crippen molar-refractivity contribution in [2.24, 2.45) is 0 Å². The largest absolute Gasteiger partial charge is 0.416 e. The van der Waals surface area contributed by atoms with Crippen molar-refractivity contribution in [3.8, 4) is 0 Å². The molecule has 0 amide bonds. The minimum atomic E-state index is -4.55. The Labute approximate surface area is 122 Å². The predicted molar refractivity (Wildman–Crippen MR) is 72.3 cm³/mol. The van der Waals surface area contributed by atoms with Crippen LogP contribution in [0, 0.1) is 0 Å². The minimum absolute atomic E-state index is 0.287. The molecule has 0 aromatic heterocycles. The Morgan fingerprint density at radius 1 is 1.10 bits per heavy atom. The Kier molecular flexibility index (Phi) is 4.60. The van der Waals surface area contributed by atoms with Gasteiger partial charge in [0.2, 0.25) is 10.0 Å². The highest BCUT2D eigenvalue weighted by Crippen LogP contribution is 2.31. The van der Waals surface area contributed by atoms with E-state index in [9.17, 15) is 21.6 Å². The smallest absolute Gasteiger partial charge is 0.305 e. The van der Waals surface area contributed by atoms with E-state index in [1.54, 1.807) is 0 Å². The summed E-state index contributed by atoms with van der Waals surface area (Å²) in [5, 5.41) is 0. The molecule has 1 aromatic carbocycles. The standard InChI is InChI=1S/C13H17F3N2O2S/c1-17-6-3-7-18(9-8-17)21(19,20)12-5-2-4-11(10-12)13(14,15)16/h2,4-5,10H,3,6-9H2,1H3. The van der Waals surface area contributed by atoms with Crippen molar-refractivity contribution in [3.63, 3.8) is 0 Å². The van der Waals surface area contributed by atoms with Gasteiger partial charge in [-0.15, -0.1) is 0 Å². The van der Waals surface area contributed by atoms with E-state index >= 15 is 0 Å². The number of halogens is 3. The van der Waals surface area contributed by atoms with Crippen molar-refractivity contribution < 1.29 is 21.6 Å². The molecule has 0 unspecified atom stereocenters. The van der Waals surface area contributed by atoms with Gasteiger partial charge in [0.1, 0.15) is 0 Å². The predicted octanol–water partition coefficient (Wildman–Crippen LogP) is 2.03. The van der Waals surface area contributed by atoms with Crippen molar-refractivity contribution in [1.82, 2.24) is 9.21 Å². The normalized spacial score (nSPS) is 19.4. The molecule has 0 saturated carbocycles.